The summed E-state index contributed by atoms with van der Waals surface area (Å²) in [5.74, 6) is 0. The third-order valence-electron chi connectivity index (χ3n) is 3.54. The lowest BCUT2D eigenvalue weighted by atomic mass is 9.97. The molecular weight excluding hydrogens is 312 g/mol. The van der Waals surface area contributed by atoms with E-state index in [1.54, 1.807) is 6.20 Å². The molecule has 3 rings (SSSR count). The van der Waals surface area contributed by atoms with Gasteiger partial charge in [-0.1, -0.05) is 46.3 Å². The molecule has 0 saturated heterocycles. The number of pyridine rings is 1. The second kappa shape index (κ2) is 5.35. The van der Waals surface area contributed by atoms with Gasteiger partial charge in [-0.05, 0) is 41.8 Å². The van der Waals surface area contributed by atoms with E-state index in [0.717, 1.165) is 26.5 Å². The first kappa shape index (κ1) is 13.3. The van der Waals surface area contributed by atoms with Gasteiger partial charge in [-0.3, -0.25) is 4.98 Å². The number of nitrogens with zero attached hydrogens (tertiary/aromatic N) is 1. The Balaban J connectivity index is 2.02. The molecule has 20 heavy (non-hydrogen) atoms. The van der Waals surface area contributed by atoms with Gasteiger partial charge >= 0.3 is 0 Å². The number of aromatic nitrogens is 1. The molecule has 0 aliphatic carbocycles. The van der Waals surface area contributed by atoms with Crippen LogP contribution in [0.5, 0.6) is 0 Å². The van der Waals surface area contributed by atoms with Crippen molar-refractivity contribution in [3.63, 3.8) is 0 Å². The number of hydrogen-bond donors (Lipinski definition) is 1. The summed E-state index contributed by atoms with van der Waals surface area (Å²) in [7, 11) is 0. The van der Waals surface area contributed by atoms with Gasteiger partial charge in [0.2, 0.25) is 0 Å². The van der Waals surface area contributed by atoms with Crippen molar-refractivity contribution >= 4 is 26.8 Å². The second-order valence-corrected chi connectivity index (χ2v) is 5.80. The largest absolute Gasteiger partial charge is 0.320 e. The molecule has 0 spiro atoms. The summed E-state index contributed by atoms with van der Waals surface area (Å²) >= 11 is 3.56. The molecule has 3 heteroatoms. The standard InChI is InChI=1S/C17H15BrN2/c1-11-4-5-13(9-15(11)18)17(19)14-7-6-12-3-2-8-20-16(12)10-14/h2-10,17H,19H2,1H3. The first-order valence-corrected chi connectivity index (χ1v) is 7.31. The number of hydrogen-bond acceptors (Lipinski definition) is 2. The van der Waals surface area contributed by atoms with Crippen LogP contribution in [0.4, 0.5) is 0 Å². The van der Waals surface area contributed by atoms with Gasteiger partial charge in [0, 0.05) is 16.1 Å². The highest BCUT2D eigenvalue weighted by atomic mass is 79.9. The maximum absolute atomic E-state index is 6.38. The van der Waals surface area contributed by atoms with Crippen LogP contribution in [0.3, 0.4) is 0 Å². The zero-order chi connectivity index (χ0) is 14.1. The van der Waals surface area contributed by atoms with E-state index in [2.05, 4.69) is 70.3 Å². The number of aryl methyl sites for hydroxylation is 1. The minimum Gasteiger partial charge on any atom is -0.320 e. The van der Waals surface area contributed by atoms with Crippen LogP contribution in [0.2, 0.25) is 0 Å². The van der Waals surface area contributed by atoms with Gasteiger partial charge in [-0.15, -0.1) is 0 Å². The summed E-state index contributed by atoms with van der Waals surface area (Å²) in [4.78, 5) is 4.38. The average Bonchev–Trinajstić information content (AvgIpc) is 2.49. The van der Waals surface area contributed by atoms with Crippen molar-refractivity contribution < 1.29 is 0 Å². The van der Waals surface area contributed by atoms with Crippen LogP contribution >= 0.6 is 15.9 Å². The Morgan fingerprint density at radius 2 is 1.80 bits per heavy atom. The van der Waals surface area contributed by atoms with Crippen LogP contribution in [0.25, 0.3) is 10.9 Å². The highest BCUT2D eigenvalue weighted by Crippen LogP contribution is 2.26. The van der Waals surface area contributed by atoms with Crippen molar-refractivity contribution in [2.45, 2.75) is 13.0 Å². The van der Waals surface area contributed by atoms with Gasteiger partial charge in [0.15, 0.2) is 0 Å². The Kier molecular flexibility index (Phi) is 3.55. The molecule has 1 atom stereocenters. The zero-order valence-corrected chi connectivity index (χ0v) is 12.8. The normalized spacial score (nSPS) is 12.6. The van der Waals surface area contributed by atoms with Crippen molar-refractivity contribution in [2.24, 2.45) is 5.73 Å². The van der Waals surface area contributed by atoms with E-state index in [-0.39, 0.29) is 6.04 Å². The second-order valence-electron chi connectivity index (χ2n) is 4.94. The fourth-order valence-electron chi connectivity index (χ4n) is 2.27. The molecule has 2 nitrogen and oxygen atoms in total. The van der Waals surface area contributed by atoms with Gasteiger partial charge in [-0.2, -0.15) is 0 Å². The van der Waals surface area contributed by atoms with Crippen molar-refractivity contribution in [1.82, 2.24) is 4.98 Å². The molecule has 0 aliphatic rings. The van der Waals surface area contributed by atoms with Gasteiger partial charge in [0.1, 0.15) is 0 Å². The summed E-state index contributed by atoms with van der Waals surface area (Å²) in [5, 5.41) is 1.13. The third kappa shape index (κ3) is 2.47. The Labute approximate surface area is 126 Å². The Morgan fingerprint density at radius 1 is 1.05 bits per heavy atom. The molecular formula is C17H15BrN2. The Morgan fingerprint density at radius 3 is 2.60 bits per heavy atom. The van der Waals surface area contributed by atoms with Crippen molar-refractivity contribution in [1.29, 1.82) is 0 Å². The van der Waals surface area contributed by atoms with E-state index in [0.29, 0.717) is 0 Å². The van der Waals surface area contributed by atoms with Crippen LogP contribution in [0.15, 0.2) is 59.2 Å². The monoisotopic (exact) mass is 326 g/mol. The number of benzene rings is 2. The van der Waals surface area contributed by atoms with Gasteiger partial charge in [0.05, 0.1) is 11.6 Å². The Bertz CT molecular complexity index is 768. The van der Waals surface area contributed by atoms with Gasteiger partial charge in [-0.25, -0.2) is 0 Å². The minimum absolute atomic E-state index is 0.140. The van der Waals surface area contributed by atoms with E-state index >= 15 is 0 Å². The molecule has 100 valence electrons. The molecule has 0 aliphatic heterocycles. The highest BCUT2D eigenvalue weighted by Gasteiger charge is 2.10. The van der Waals surface area contributed by atoms with Crippen LogP contribution < -0.4 is 5.73 Å². The maximum atomic E-state index is 6.38. The lowest BCUT2D eigenvalue weighted by molar-refractivity contribution is 0.871. The molecule has 1 aromatic heterocycles. The molecule has 3 aromatic rings. The molecule has 0 bridgehead atoms. The van der Waals surface area contributed by atoms with Crippen molar-refractivity contribution in [3.05, 3.63) is 75.9 Å². The fourth-order valence-corrected chi connectivity index (χ4v) is 2.67. The molecule has 0 amide bonds. The SMILES string of the molecule is Cc1ccc(C(N)c2ccc3cccnc3c2)cc1Br. The zero-order valence-electron chi connectivity index (χ0n) is 11.2. The summed E-state index contributed by atoms with van der Waals surface area (Å²) in [6.07, 6.45) is 1.81. The minimum atomic E-state index is -0.140. The average molecular weight is 327 g/mol. The summed E-state index contributed by atoms with van der Waals surface area (Å²) < 4.78 is 1.09. The third-order valence-corrected chi connectivity index (χ3v) is 4.40. The van der Waals surface area contributed by atoms with Gasteiger partial charge < -0.3 is 5.73 Å². The maximum Gasteiger partial charge on any atom is 0.0705 e. The highest BCUT2D eigenvalue weighted by molar-refractivity contribution is 9.10. The first-order chi connectivity index (χ1) is 9.65. The van der Waals surface area contributed by atoms with Crippen molar-refractivity contribution in [3.8, 4) is 0 Å². The number of halogens is 1. The van der Waals surface area contributed by atoms with Gasteiger partial charge in [0.25, 0.3) is 0 Å². The Hall–Kier alpha value is -1.71. The summed E-state index contributed by atoms with van der Waals surface area (Å²) in [6.45, 7) is 2.07. The quantitative estimate of drug-likeness (QED) is 0.760. The lowest BCUT2D eigenvalue weighted by Gasteiger charge is -2.14. The molecule has 0 fully saturated rings. The number of rotatable bonds is 2. The first-order valence-electron chi connectivity index (χ1n) is 6.51. The predicted octanol–water partition coefficient (Wildman–Crippen LogP) is 4.35. The molecule has 0 saturated carbocycles. The van der Waals surface area contributed by atoms with Crippen LogP contribution in [-0.4, -0.2) is 4.98 Å². The van der Waals surface area contributed by atoms with E-state index in [1.165, 1.54) is 5.56 Å². The smallest absolute Gasteiger partial charge is 0.0705 e. The van der Waals surface area contributed by atoms with E-state index < -0.39 is 0 Å². The fraction of sp³-hybridized carbons (Fsp3) is 0.118. The molecule has 1 heterocycles. The number of nitrogens with two attached hydrogens (primary N) is 1. The van der Waals surface area contributed by atoms with Crippen LogP contribution in [-0.2, 0) is 0 Å². The number of fused-ring (bicyclic) bond motifs is 1. The lowest BCUT2D eigenvalue weighted by Crippen LogP contribution is -2.12. The topological polar surface area (TPSA) is 38.9 Å². The summed E-state index contributed by atoms with van der Waals surface area (Å²) in [6, 6.07) is 16.3. The van der Waals surface area contributed by atoms with E-state index in [4.69, 9.17) is 5.73 Å². The van der Waals surface area contributed by atoms with Crippen molar-refractivity contribution in [2.75, 3.05) is 0 Å². The summed E-state index contributed by atoms with van der Waals surface area (Å²) in [5.41, 5.74) is 10.7. The predicted molar refractivity (Wildman–Crippen MR) is 86.7 cm³/mol. The molecule has 0 radical (unpaired) electrons. The molecule has 1 unspecified atom stereocenters. The van der Waals surface area contributed by atoms with E-state index in [1.807, 2.05) is 6.07 Å². The van der Waals surface area contributed by atoms with Crippen LogP contribution in [0.1, 0.15) is 22.7 Å². The molecule has 2 N–H and O–H groups in total. The molecule has 2 aromatic carbocycles. The van der Waals surface area contributed by atoms with Crippen LogP contribution in [0, 0.1) is 6.92 Å². The van der Waals surface area contributed by atoms with E-state index in [9.17, 15) is 0 Å².